The van der Waals surface area contributed by atoms with Crippen LogP contribution in [-0.4, -0.2) is 66.5 Å². The van der Waals surface area contributed by atoms with E-state index in [1.54, 1.807) is 0 Å². The third-order valence-corrected chi connectivity index (χ3v) is 2.84. The summed E-state index contributed by atoms with van der Waals surface area (Å²) in [5.41, 5.74) is 0. The first kappa shape index (κ1) is 16.7. The average molecular weight is 240 g/mol. The number of hydrogen-bond donors (Lipinski definition) is 3. The first-order chi connectivity index (χ1) is 5.45. The maximum atomic E-state index is 10.5. The van der Waals surface area contributed by atoms with Crippen molar-refractivity contribution in [2.45, 2.75) is 12.5 Å². The summed E-state index contributed by atoms with van der Waals surface area (Å²) in [6, 6.07) is -0.119. The molecule has 76 valence electrons. The van der Waals surface area contributed by atoms with Gasteiger partial charge in [0.25, 0.3) is 0 Å². The van der Waals surface area contributed by atoms with Crippen molar-refractivity contribution in [3.05, 3.63) is 0 Å². The van der Waals surface area contributed by atoms with Crippen LogP contribution in [0.5, 0.6) is 0 Å². The molecule has 0 aliphatic rings. The van der Waals surface area contributed by atoms with Crippen molar-refractivity contribution in [3.63, 3.8) is 0 Å². The van der Waals surface area contributed by atoms with Gasteiger partial charge in [0.15, 0.2) is 0 Å². The number of rotatable bonds is 6. The van der Waals surface area contributed by atoms with E-state index in [1.807, 2.05) is 0 Å². The molecule has 0 aliphatic heterocycles. The molecule has 0 saturated carbocycles. The molecule has 0 aromatic carbocycles. The Hall–Kier alpha value is 1.25. The summed E-state index contributed by atoms with van der Waals surface area (Å²) in [6.07, 6.45) is 0.246. The SMILES string of the molecule is CO[PH](=O)OCCC[Si](O)(O)O.[NaH]. The fraction of sp³-hybridized carbons (Fsp3) is 1.00. The second-order valence-corrected chi connectivity index (χ2v) is 5.43. The summed E-state index contributed by atoms with van der Waals surface area (Å²) in [7, 11) is -5.12. The Balaban J connectivity index is 0. The van der Waals surface area contributed by atoms with E-state index in [1.165, 1.54) is 7.11 Å². The van der Waals surface area contributed by atoms with Crippen LogP contribution in [0.25, 0.3) is 0 Å². The van der Waals surface area contributed by atoms with Crippen LogP contribution in [0.15, 0.2) is 0 Å². The third kappa shape index (κ3) is 13.2. The van der Waals surface area contributed by atoms with E-state index in [4.69, 9.17) is 14.4 Å². The van der Waals surface area contributed by atoms with E-state index >= 15 is 0 Å². The minimum atomic E-state index is -3.95. The fourth-order valence-corrected chi connectivity index (χ4v) is 1.57. The van der Waals surface area contributed by atoms with Crippen molar-refractivity contribution < 1.29 is 28.0 Å². The summed E-state index contributed by atoms with van der Waals surface area (Å²) in [5.74, 6) is 0. The standard InChI is InChI=1S/C4H13O6PSi.Na.H/c1-9-11(5)10-3-2-4-12(6,7)8;;/h6-8,11H,2-4H2,1H3;;. The zero-order valence-electron chi connectivity index (χ0n) is 6.69. The van der Waals surface area contributed by atoms with Crippen LogP contribution < -0.4 is 0 Å². The quantitative estimate of drug-likeness (QED) is 0.303. The van der Waals surface area contributed by atoms with Crippen LogP contribution in [0.1, 0.15) is 6.42 Å². The molecule has 0 aromatic heterocycles. The minimum absolute atomic E-state index is 0. The molecule has 0 spiro atoms. The maximum absolute atomic E-state index is 10.5. The fourth-order valence-electron chi connectivity index (χ4n) is 0.524. The van der Waals surface area contributed by atoms with Crippen LogP contribution in [0.3, 0.4) is 0 Å². The molecule has 1 atom stereocenters. The summed E-state index contributed by atoms with van der Waals surface area (Å²) in [4.78, 5) is 25.6. The van der Waals surface area contributed by atoms with Gasteiger partial charge in [-0.15, -0.1) is 0 Å². The predicted molar refractivity (Wildman–Crippen MR) is 50.9 cm³/mol. The van der Waals surface area contributed by atoms with Gasteiger partial charge in [0.1, 0.15) is 0 Å². The Kier molecular flexibility index (Phi) is 11.0. The predicted octanol–water partition coefficient (Wildman–Crippen LogP) is -1.30. The molecule has 1 unspecified atom stereocenters. The number of hydrogen-bond acceptors (Lipinski definition) is 6. The molecule has 0 bridgehead atoms. The van der Waals surface area contributed by atoms with Crippen molar-refractivity contribution in [1.29, 1.82) is 0 Å². The summed E-state index contributed by atoms with van der Waals surface area (Å²) in [5, 5.41) is 0. The van der Waals surface area contributed by atoms with Gasteiger partial charge in [0.2, 0.25) is 0 Å². The Labute approximate surface area is 100 Å². The molecule has 0 aliphatic carbocycles. The Morgan fingerprint density at radius 2 is 1.92 bits per heavy atom. The molecule has 0 amide bonds. The van der Waals surface area contributed by atoms with Crippen LogP contribution in [0.2, 0.25) is 6.04 Å². The molecule has 0 rings (SSSR count). The molecule has 0 fully saturated rings. The third-order valence-electron chi connectivity index (χ3n) is 1.04. The Morgan fingerprint density at radius 3 is 2.31 bits per heavy atom. The Bertz CT molecular complexity index is 150. The summed E-state index contributed by atoms with van der Waals surface area (Å²) >= 11 is 0. The second kappa shape index (κ2) is 8.55. The van der Waals surface area contributed by atoms with Crippen molar-refractivity contribution >= 4 is 46.6 Å². The Morgan fingerprint density at radius 1 is 1.38 bits per heavy atom. The van der Waals surface area contributed by atoms with Crippen LogP contribution in [-0.2, 0) is 13.6 Å². The van der Waals surface area contributed by atoms with Gasteiger partial charge < -0.3 is 23.4 Å². The van der Waals surface area contributed by atoms with Gasteiger partial charge in [-0.2, -0.15) is 0 Å². The zero-order valence-corrected chi connectivity index (χ0v) is 8.69. The van der Waals surface area contributed by atoms with Gasteiger partial charge in [-0.1, -0.05) is 0 Å². The zero-order chi connectivity index (χ0) is 9.61. The molecule has 0 radical (unpaired) electrons. The van der Waals surface area contributed by atoms with Gasteiger partial charge in [-0.25, -0.2) is 0 Å². The molecule has 0 aromatic rings. The monoisotopic (exact) mass is 240 g/mol. The van der Waals surface area contributed by atoms with E-state index < -0.39 is 17.1 Å². The van der Waals surface area contributed by atoms with Crippen LogP contribution in [0.4, 0.5) is 0 Å². The average Bonchev–Trinajstić information content (AvgIpc) is 1.96. The van der Waals surface area contributed by atoms with E-state index in [2.05, 4.69) is 9.05 Å². The van der Waals surface area contributed by atoms with Gasteiger partial charge in [0, 0.05) is 13.2 Å². The molecule has 3 N–H and O–H groups in total. The van der Waals surface area contributed by atoms with Crippen molar-refractivity contribution in [2.75, 3.05) is 13.7 Å². The van der Waals surface area contributed by atoms with Gasteiger partial charge in [-0.3, -0.25) is 4.57 Å². The van der Waals surface area contributed by atoms with Crippen LogP contribution in [0, 0.1) is 0 Å². The molecule has 13 heavy (non-hydrogen) atoms. The van der Waals surface area contributed by atoms with E-state index in [0.29, 0.717) is 0 Å². The van der Waals surface area contributed by atoms with Gasteiger partial charge >= 0.3 is 46.6 Å². The topological polar surface area (TPSA) is 96.2 Å². The molecule has 0 saturated heterocycles. The van der Waals surface area contributed by atoms with Gasteiger partial charge in [0.05, 0.1) is 6.61 Å². The van der Waals surface area contributed by atoms with Crippen LogP contribution >= 0.6 is 8.25 Å². The van der Waals surface area contributed by atoms with Gasteiger partial charge in [-0.05, 0) is 6.42 Å². The van der Waals surface area contributed by atoms with Crippen molar-refractivity contribution in [2.24, 2.45) is 0 Å². The first-order valence-electron chi connectivity index (χ1n) is 3.33. The second-order valence-electron chi connectivity index (χ2n) is 2.18. The molecule has 0 heterocycles. The van der Waals surface area contributed by atoms with E-state index in [9.17, 15) is 4.57 Å². The molecule has 9 heteroatoms. The molecular formula is C4H14NaO6PSi. The summed E-state index contributed by atoms with van der Waals surface area (Å²) < 4.78 is 19.4. The van der Waals surface area contributed by atoms with E-state index in [-0.39, 0.29) is 48.6 Å². The molecule has 6 nitrogen and oxygen atoms in total. The summed E-state index contributed by atoms with van der Waals surface area (Å²) in [6.45, 7) is 0.0854. The normalized spacial score (nSPS) is 13.5. The van der Waals surface area contributed by atoms with E-state index in [0.717, 1.165) is 0 Å². The molecular weight excluding hydrogens is 226 g/mol. The van der Waals surface area contributed by atoms with Crippen molar-refractivity contribution in [1.82, 2.24) is 0 Å². The first-order valence-corrected chi connectivity index (χ1v) is 6.61. The van der Waals surface area contributed by atoms with Crippen molar-refractivity contribution in [3.8, 4) is 0 Å².